The molecule has 0 bridgehead atoms. The monoisotopic (exact) mass is 255 g/mol. The highest BCUT2D eigenvalue weighted by atomic mass is 16.3. The lowest BCUT2D eigenvalue weighted by atomic mass is 10.1. The Morgan fingerprint density at radius 3 is 2.53 bits per heavy atom. The third-order valence-corrected chi connectivity index (χ3v) is 2.80. The molecule has 0 saturated carbocycles. The Labute approximate surface area is 115 Å². The average molecular weight is 255 g/mol. The summed E-state index contributed by atoms with van der Waals surface area (Å²) in [5, 5.41) is 10.1. The van der Waals surface area contributed by atoms with E-state index in [1.165, 1.54) is 0 Å². The lowest BCUT2D eigenvalue weighted by molar-refractivity contribution is 0.471. The van der Waals surface area contributed by atoms with Gasteiger partial charge >= 0.3 is 0 Å². The van der Waals surface area contributed by atoms with Crippen molar-refractivity contribution in [3.05, 3.63) is 72.6 Å². The second-order valence-electron chi connectivity index (χ2n) is 4.24. The van der Waals surface area contributed by atoms with E-state index in [4.69, 9.17) is 0 Å². The first kappa shape index (κ1) is 14.8. The normalized spacial score (nSPS) is 11.6. The van der Waals surface area contributed by atoms with Crippen LogP contribution in [-0.4, -0.2) is 10.0 Å². The predicted octanol–water partition coefficient (Wildman–Crippen LogP) is 4.60. The number of aryl methyl sites for hydroxylation is 1. The Hall–Kier alpha value is -2.22. The van der Waals surface area contributed by atoms with Crippen LogP contribution in [0, 0.1) is 6.92 Å². The molecule has 1 rings (SSSR count). The fraction of sp³-hybridized carbons (Fsp3) is 0.176. The van der Waals surface area contributed by atoms with Crippen LogP contribution in [0.1, 0.15) is 25.0 Å². The van der Waals surface area contributed by atoms with E-state index in [1.807, 2.05) is 56.2 Å². The molecule has 0 amide bonds. The van der Waals surface area contributed by atoms with E-state index in [2.05, 4.69) is 13.2 Å². The van der Waals surface area contributed by atoms with Crippen LogP contribution < -0.4 is 0 Å². The van der Waals surface area contributed by atoms with E-state index in [-0.39, 0.29) is 5.75 Å². The van der Waals surface area contributed by atoms with Crippen molar-refractivity contribution >= 4 is 5.70 Å². The number of phenols is 1. The van der Waals surface area contributed by atoms with Crippen molar-refractivity contribution in [2.45, 2.75) is 20.8 Å². The predicted molar refractivity (Wildman–Crippen MR) is 82.5 cm³/mol. The Balaban J connectivity index is 3.36. The van der Waals surface area contributed by atoms with Crippen LogP contribution in [0.15, 0.2) is 61.5 Å². The third-order valence-electron chi connectivity index (χ3n) is 2.80. The Morgan fingerprint density at radius 2 is 2.00 bits per heavy atom. The fourth-order valence-electron chi connectivity index (χ4n) is 1.86. The van der Waals surface area contributed by atoms with E-state index >= 15 is 0 Å². The molecule has 0 saturated heterocycles. The first-order valence-corrected chi connectivity index (χ1v) is 6.24. The molecule has 0 fully saturated rings. The van der Waals surface area contributed by atoms with E-state index < -0.39 is 0 Å². The van der Waals surface area contributed by atoms with Crippen LogP contribution in [0.2, 0.25) is 0 Å². The number of phenolic OH excluding ortho intramolecular Hbond substituents is 1. The molecule has 0 atom stereocenters. The van der Waals surface area contributed by atoms with Gasteiger partial charge in [-0.25, -0.2) is 0 Å². The molecule has 1 N–H and O–H groups in total. The van der Waals surface area contributed by atoms with E-state index in [0.717, 1.165) is 22.5 Å². The zero-order chi connectivity index (χ0) is 14.4. The van der Waals surface area contributed by atoms with Gasteiger partial charge in [0, 0.05) is 17.5 Å². The van der Waals surface area contributed by atoms with Crippen LogP contribution in [-0.2, 0) is 0 Å². The third kappa shape index (κ3) is 3.38. The van der Waals surface area contributed by atoms with E-state index in [0.29, 0.717) is 0 Å². The van der Waals surface area contributed by atoms with Gasteiger partial charge in [-0.15, -0.1) is 0 Å². The van der Waals surface area contributed by atoms with Crippen LogP contribution in [0.3, 0.4) is 0 Å². The molecule has 1 aromatic rings. The number of nitrogens with zero attached hydrogens (tertiary/aromatic N) is 1. The molecule has 0 aliphatic heterocycles. The molecule has 0 aliphatic rings. The molecule has 0 aliphatic carbocycles. The number of rotatable bonds is 5. The summed E-state index contributed by atoms with van der Waals surface area (Å²) in [5.41, 5.74) is 3.51. The summed E-state index contributed by atoms with van der Waals surface area (Å²) in [6.45, 7) is 13.6. The number of aromatic hydroxyl groups is 1. The minimum Gasteiger partial charge on any atom is -0.507 e. The minimum absolute atomic E-state index is 0.255. The van der Waals surface area contributed by atoms with Gasteiger partial charge in [0.25, 0.3) is 0 Å². The number of hydrogen-bond donors (Lipinski definition) is 1. The Bertz CT molecular complexity index is 538. The molecule has 19 heavy (non-hydrogen) atoms. The molecule has 0 spiro atoms. The quantitative estimate of drug-likeness (QED) is 0.777. The lowest BCUT2D eigenvalue weighted by Crippen LogP contribution is -2.13. The van der Waals surface area contributed by atoms with Gasteiger partial charge in [-0.05, 0) is 39.0 Å². The van der Waals surface area contributed by atoms with Gasteiger partial charge in [-0.3, -0.25) is 0 Å². The molecule has 0 radical (unpaired) electrons. The van der Waals surface area contributed by atoms with Crippen LogP contribution in [0.25, 0.3) is 5.70 Å². The summed E-state index contributed by atoms with van der Waals surface area (Å²) in [6.07, 6.45) is 7.46. The number of benzene rings is 1. The largest absolute Gasteiger partial charge is 0.507 e. The topological polar surface area (TPSA) is 23.5 Å². The zero-order valence-electron chi connectivity index (χ0n) is 11.9. The van der Waals surface area contributed by atoms with Crippen molar-refractivity contribution in [1.82, 2.24) is 4.90 Å². The maximum Gasteiger partial charge on any atom is 0.124 e. The standard InChI is InChI=1S/C17H21NO/c1-6-11-18(14(5)7-2)16(8-3)15-12-13(4)9-10-17(15)19/h6-12,19H,2,5H2,1,3-4H3/b11-6-,16-8-. The van der Waals surface area contributed by atoms with Crippen molar-refractivity contribution in [1.29, 1.82) is 0 Å². The summed E-state index contributed by atoms with van der Waals surface area (Å²) in [7, 11) is 0. The first-order chi connectivity index (χ1) is 9.04. The highest BCUT2D eigenvalue weighted by Gasteiger charge is 2.13. The smallest absolute Gasteiger partial charge is 0.124 e. The van der Waals surface area contributed by atoms with Crippen LogP contribution >= 0.6 is 0 Å². The average Bonchev–Trinajstić information content (AvgIpc) is 2.41. The van der Waals surface area contributed by atoms with Crippen molar-refractivity contribution in [2.24, 2.45) is 0 Å². The maximum absolute atomic E-state index is 10.1. The molecule has 2 nitrogen and oxygen atoms in total. The summed E-state index contributed by atoms with van der Waals surface area (Å²) in [6, 6.07) is 5.55. The highest BCUT2D eigenvalue weighted by Crippen LogP contribution is 2.31. The fourth-order valence-corrected chi connectivity index (χ4v) is 1.86. The highest BCUT2D eigenvalue weighted by molar-refractivity contribution is 5.71. The minimum atomic E-state index is 0.255. The van der Waals surface area contributed by atoms with Gasteiger partial charge in [0.05, 0.1) is 5.70 Å². The van der Waals surface area contributed by atoms with Crippen LogP contribution in [0.4, 0.5) is 0 Å². The van der Waals surface area contributed by atoms with Gasteiger partial charge < -0.3 is 10.0 Å². The van der Waals surface area contributed by atoms with Gasteiger partial charge in [0.2, 0.25) is 0 Å². The van der Waals surface area contributed by atoms with Gasteiger partial charge in [-0.1, -0.05) is 36.9 Å². The lowest BCUT2D eigenvalue weighted by Gasteiger charge is -2.25. The Kier molecular flexibility index (Phi) is 5.19. The van der Waals surface area contributed by atoms with Crippen molar-refractivity contribution in [3.63, 3.8) is 0 Å². The van der Waals surface area contributed by atoms with Gasteiger partial charge in [0.15, 0.2) is 0 Å². The van der Waals surface area contributed by atoms with E-state index in [9.17, 15) is 5.11 Å². The van der Waals surface area contributed by atoms with Gasteiger partial charge in [0.1, 0.15) is 5.75 Å². The van der Waals surface area contributed by atoms with Gasteiger partial charge in [-0.2, -0.15) is 0 Å². The second-order valence-corrected chi connectivity index (χ2v) is 4.24. The van der Waals surface area contributed by atoms with E-state index in [1.54, 1.807) is 12.1 Å². The number of allylic oxidation sites excluding steroid dienone is 3. The first-order valence-electron chi connectivity index (χ1n) is 6.24. The molecule has 0 unspecified atom stereocenters. The SMILES string of the molecule is C=CC(=C)N(/C=C\C)/C(=C\C)c1cc(C)ccc1O. The molecular weight excluding hydrogens is 234 g/mol. The maximum atomic E-state index is 10.1. The Morgan fingerprint density at radius 1 is 1.32 bits per heavy atom. The second kappa shape index (κ2) is 6.64. The van der Waals surface area contributed by atoms with Crippen molar-refractivity contribution in [2.75, 3.05) is 0 Å². The molecule has 0 heterocycles. The summed E-state index contributed by atoms with van der Waals surface area (Å²) in [5.74, 6) is 0.255. The van der Waals surface area contributed by atoms with Crippen molar-refractivity contribution < 1.29 is 5.11 Å². The molecule has 1 aromatic carbocycles. The zero-order valence-corrected chi connectivity index (χ0v) is 11.9. The molecular formula is C17H21NO. The summed E-state index contributed by atoms with van der Waals surface area (Å²) < 4.78 is 0. The summed E-state index contributed by atoms with van der Waals surface area (Å²) in [4.78, 5) is 1.90. The number of hydrogen-bond acceptors (Lipinski definition) is 2. The van der Waals surface area contributed by atoms with Crippen LogP contribution in [0.5, 0.6) is 5.75 Å². The molecule has 100 valence electrons. The van der Waals surface area contributed by atoms with Crippen molar-refractivity contribution in [3.8, 4) is 5.75 Å². The molecule has 2 heteroatoms. The molecule has 0 aromatic heterocycles. The summed E-state index contributed by atoms with van der Waals surface area (Å²) >= 11 is 0.